The van der Waals surface area contributed by atoms with E-state index in [1.54, 1.807) is 0 Å². The van der Waals surface area contributed by atoms with Crippen molar-refractivity contribution in [3.8, 4) is 0 Å². The predicted octanol–water partition coefficient (Wildman–Crippen LogP) is 1.06. The number of rotatable bonds is 1. The molecule has 6 heavy (non-hydrogen) atoms. The Balaban J connectivity index is 3.14. The number of hydrogen-bond acceptors (Lipinski definition) is 0. The van der Waals surface area contributed by atoms with Gasteiger partial charge < -0.3 is 5.73 Å². The van der Waals surface area contributed by atoms with Crippen LogP contribution >= 0.6 is 8.20 Å². The predicted molar refractivity (Wildman–Crippen MR) is 32.3 cm³/mol. The Morgan fingerprint density at radius 3 is 2.33 bits per heavy atom. The molecule has 0 saturated heterocycles. The van der Waals surface area contributed by atoms with E-state index in [-0.39, 0.29) is 0 Å². The summed E-state index contributed by atoms with van der Waals surface area (Å²) in [5.74, 6) is 0. The lowest BCUT2D eigenvalue weighted by Crippen LogP contribution is -2.00. The summed E-state index contributed by atoms with van der Waals surface area (Å²) >= 11 is 0. The minimum atomic E-state index is 1.01. The van der Waals surface area contributed by atoms with Gasteiger partial charge in [0.15, 0.2) is 0 Å². The van der Waals surface area contributed by atoms with Gasteiger partial charge in [0.25, 0.3) is 0 Å². The zero-order chi connectivity index (χ0) is 4.99. The van der Waals surface area contributed by atoms with Crippen molar-refractivity contribution in [3.05, 3.63) is 0 Å². The highest BCUT2D eigenvalue weighted by Crippen LogP contribution is 1.91. The normalized spacial score (nSPS) is 12.2. The highest BCUT2D eigenvalue weighted by atomic mass is 31.1. The van der Waals surface area contributed by atoms with Crippen LogP contribution in [0.3, 0.4) is 0 Å². The summed E-state index contributed by atoms with van der Waals surface area (Å²) < 4.78 is 0. The van der Waals surface area contributed by atoms with Crippen molar-refractivity contribution in [3.63, 3.8) is 0 Å². The lowest BCUT2D eigenvalue weighted by molar-refractivity contribution is 1.53. The molecule has 0 rings (SSSR count). The van der Waals surface area contributed by atoms with Crippen molar-refractivity contribution in [1.82, 2.24) is 0 Å². The van der Waals surface area contributed by atoms with Crippen LogP contribution in [0.2, 0.25) is 0 Å². The van der Waals surface area contributed by atoms with Crippen LogP contribution in [0.1, 0.15) is 13.8 Å². The van der Waals surface area contributed by atoms with Gasteiger partial charge in [-0.05, 0) is 13.1 Å². The molecule has 0 unspecified atom stereocenters. The third-order valence-corrected chi connectivity index (χ3v) is 1.22. The van der Waals surface area contributed by atoms with E-state index < -0.39 is 0 Å². The van der Waals surface area contributed by atoms with Crippen molar-refractivity contribution < 1.29 is 0 Å². The molecule has 0 amide bonds. The maximum atomic E-state index is 5.31. The largest absolute Gasteiger partial charge is 0.303 e. The first kappa shape index (κ1) is 6.13. The van der Waals surface area contributed by atoms with Crippen molar-refractivity contribution in [2.75, 3.05) is 6.16 Å². The zero-order valence-electron chi connectivity index (χ0n) is 4.23. The zero-order valence-corrected chi connectivity index (χ0v) is 5.13. The molecule has 0 saturated carbocycles. The molecule has 0 heterocycles. The van der Waals surface area contributed by atoms with Gasteiger partial charge in [-0.3, -0.25) is 0 Å². The molecular formula is C4H10NP. The van der Waals surface area contributed by atoms with Gasteiger partial charge >= 0.3 is 0 Å². The average Bonchev–Trinajstić information content (AvgIpc) is 1.35. The smallest absolute Gasteiger partial charge is 0.00904 e. The topological polar surface area (TPSA) is 26.0 Å². The van der Waals surface area contributed by atoms with E-state index in [1.807, 2.05) is 6.92 Å². The second-order valence-corrected chi connectivity index (χ2v) is 2.77. The van der Waals surface area contributed by atoms with Gasteiger partial charge in [0.2, 0.25) is 0 Å². The van der Waals surface area contributed by atoms with Crippen molar-refractivity contribution in [2.45, 2.75) is 13.8 Å². The van der Waals surface area contributed by atoms with Crippen LogP contribution in [0, 0.1) is 0 Å². The van der Waals surface area contributed by atoms with E-state index in [0.717, 1.165) is 11.6 Å². The summed E-state index contributed by atoms with van der Waals surface area (Å²) in [5, 5.41) is 0. The Kier molecular flexibility index (Phi) is 3.40. The van der Waals surface area contributed by atoms with Crippen LogP contribution in [0.25, 0.3) is 0 Å². The molecule has 0 spiro atoms. The molecule has 0 aromatic heterocycles. The van der Waals surface area contributed by atoms with Gasteiger partial charge in [-0.2, -0.15) is 0 Å². The van der Waals surface area contributed by atoms with E-state index in [4.69, 9.17) is 5.73 Å². The Morgan fingerprint density at radius 2 is 2.33 bits per heavy atom. The Hall–Kier alpha value is 0.130. The van der Waals surface area contributed by atoms with Crippen LogP contribution in [0.5, 0.6) is 0 Å². The fraction of sp³-hybridized carbons (Fsp3) is 0.750. The second-order valence-electron chi connectivity index (χ2n) is 1.12. The average molecular weight is 103 g/mol. The van der Waals surface area contributed by atoms with Crippen molar-refractivity contribution in [2.24, 2.45) is 5.73 Å². The maximum Gasteiger partial charge on any atom is 0.00904 e. The molecule has 0 bridgehead atoms. The lowest BCUT2D eigenvalue weighted by Gasteiger charge is -1.79. The summed E-state index contributed by atoms with van der Waals surface area (Å²) in [6.07, 6.45) is 1.14. The minimum absolute atomic E-state index is 1.01. The minimum Gasteiger partial charge on any atom is -0.303 e. The highest BCUT2D eigenvalue weighted by Gasteiger charge is 1.68. The SMILES string of the molecule is CCP=C(C)N. The molecule has 2 N–H and O–H groups in total. The molecule has 1 nitrogen and oxygen atoms in total. The lowest BCUT2D eigenvalue weighted by atomic mass is 10.8. The Bertz CT molecular complexity index is 54.6. The standard InChI is InChI=1S/C4H10NP/c1-3-6-4(2)5/h3,5H2,1-2H3. The molecule has 0 radical (unpaired) electrons. The molecule has 0 aliphatic heterocycles. The van der Waals surface area contributed by atoms with Crippen LogP contribution in [0.15, 0.2) is 0 Å². The highest BCUT2D eigenvalue weighted by molar-refractivity contribution is 7.40. The molecule has 0 fully saturated rings. The van der Waals surface area contributed by atoms with Gasteiger partial charge in [0, 0.05) is 5.42 Å². The molecule has 2 heteroatoms. The van der Waals surface area contributed by atoms with Crippen molar-refractivity contribution in [1.29, 1.82) is 0 Å². The molecule has 0 aromatic carbocycles. The fourth-order valence-corrected chi connectivity index (χ4v) is 0.748. The summed E-state index contributed by atoms with van der Waals surface area (Å²) in [5.41, 5.74) is 6.32. The quantitative estimate of drug-likeness (QED) is 0.493. The number of nitrogens with two attached hydrogens (primary N) is 1. The maximum absolute atomic E-state index is 5.31. The van der Waals surface area contributed by atoms with E-state index in [1.165, 1.54) is 8.20 Å². The Morgan fingerprint density at radius 1 is 1.83 bits per heavy atom. The van der Waals surface area contributed by atoms with Crippen LogP contribution in [0.4, 0.5) is 0 Å². The van der Waals surface area contributed by atoms with E-state index in [9.17, 15) is 0 Å². The third kappa shape index (κ3) is 4.13. The first-order chi connectivity index (χ1) is 2.77. The summed E-state index contributed by atoms with van der Waals surface area (Å²) in [4.78, 5) is 0. The Labute approximate surface area is 40.3 Å². The molecular weight excluding hydrogens is 93.0 g/mol. The molecule has 0 aliphatic rings. The summed E-state index contributed by atoms with van der Waals surface area (Å²) in [7, 11) is 1.27. The van der Waals surface area contributed by atoms with Crippen LogP contribution in [-0.2, 0) is 0 Å². The van der Waals surface area contributed by atoms with Crippen LogP contribution in [-0.4, -0.2) is 11.6 Å². The van der Waals surface area contributed by atoms with Crippen molar-refractivity contribution >= 4 is 13.6 Å². The third-order valence-electron chi connectivity index (χ3n) is 0.408. The monoisotopic (exact) mass is 103 g/mol. The summed E-state index contributed by atoms with van der Waals surface area (Å²) in [6, 6.07) is 0. The second kappa shape index (κ2) is 3.32. The van der Waals surface area contributed by atoms with Crippen LogP contribution < -0.4 is 5.73 Å². The number of hydrogen-bond donors (Lipinski definition) is 1. The molecule has 0 aliphatic carbocycles. The van der Waals surface area contributed by atoms with E-state index >= 15 is 0 Å². The van der Waals surface area contributed by atoms with Gasteiger partial charge in [0.05, 0.1) is 0 Å². The molecule has 0 atom stereocenters. The first-order valence-electron chi connectivity index (χ1n) is 2.04. The van der Waals surface area contributed by atoms with Gasteiger partial charge in [0.1, 0.15) is 0 Å². The molecule has 36 valence electrons. The first-order valence-corrected chi connectivity index (χ1v) is 3.12. The van der Waals surface area contributed by atoms with E-state index in [0.29, 0.717) is 0 Å². The van der Waals surface area contributed by atoms with Gasteiger partial charge in [-0.1, -0.05) is 15.1 Å². The fourth-order valence-electron chi connectivity index (χ4n) is 0.249. The molecule has 0 aromatic rings. The summed E-state index contributed by atoms with van der Waals surface area (Å²) in [6.45, 7) is 4.04. The van der Waals surface area contributed by atoms with Gasteiger partial charge in [-0.15, -0.1) is 0 Å². The van der Waals surface area contributed by atoms with E-state index in [2.05, 4.69) is 6.92 Å². The van der Waals surface area contributed by atoms with Gasteiger partial charge in [-0.25, -0.2) is 0 Å².